The maximum absolute atomic E-state index is 12.4. The average molecular weight is 278 g/mol. The summed E-state index contributed by atoms with van der Waals surface area (Å²) in [6.07, 6.45) is 7.46. The number of rotatable bonds is 3. The Morgan fingerprint density at radius 3 is 2.95 bits per heavy atom. The standard InChI is InChI=1S/C16H14N4O/c1-19-8-13(18-10-19)16(21)6-14-11-4-2-3-5-12(11)15-7-17-9-20(14)15/h2-5,7-10,14H,6H2,1H3. The topological polar surface area (TPSA) is 52.7 Å². The van der Waals surface area contributed by atoms with E-state index in [1.807, 2.05) is 25.4 Å². The van der Waals surface area contributed by atoms with E-state index in [4.69, 9.17) is 0 Å². The molecule has 0 saturated heterocycles. The number of carbonyl (C=O) groups excluding carboxylic acids is 1. The van der Waals surface area contributed by atoms with E-state index in [2.05, 4.69) is 26.7 Å². The lowest BCUT2D eigenvalue weighted by Gasteiger charge is -2.13. The summed E-state index contributed by atoms with van der Waals surface area (Å²) in [6, 6.07) is 8.19. The van der Waals surface area contributed by atoms with Crippen LogP contribution in [-0.2, 0) is 7.05 Å². The molecular formula is C16H14N4O. The zero-order valence-electron chi connectivity index (χ0n) is 11.6. The Balaban J connectivity index is 1.71. The van der Waals surface area contributed by atoms with E-state index in [1.165, 1.54) is 5.56 Å². The highest BCUT2D eigenvalue weighted by atomic mass is 16.1. The Morgan fingerprint density at radius 1 is 1.29 bits per heavy atom. The van der Waals surface area contributed by atoms with Gasteiger partial charge >= 0.3 is 0 Å². The number of carbonyl (C=O) groups is 1. The summed E-state index contributed by atoms with van der Waals surface area (Å²) in [5.74, 6) is 0.0527. The first-order valence-electron chi connectivity index (χ1n) is 6.86. The summed E-state index contributed by atoms with van der Waals surface area (Å²) in [7, 11) is 1.86. The minimum atomic E-state index is 0.00760. The zero-order valence-corrected chi connectivity index (χ0v) is 11.6. The first-order chi connectivity index (χ1) is 10.2. The number of hydrogen-bond acceptors (Lipinski definition) is 3. The van der Waals surface area contributed by atoms with Crippen molar-refractivity contribution in [3.63, 3.8) is 0 Å². The lowest BCUT2D eigenvalue weighted by atomic mass is 9.98. The van der Waals surface area contributed by atoms with E-state index < -0.39 is 0 Å². The molecule has 5 heteroatoms. The van der Waals surface area contributed by atoms with E-state index in [1.54, 1.807) is 23.4 Å². The molecule has 104 valence electrons. The van der Waals surface area contributed by atoms with Crippen molar-refractivity contribution in [3.05, 3.63) is 60.6 Å². The van der Waals surface area contributed by atoms with Gasteiger partial charge in [-0.3, -0.25) is 4.79 Å². The second kappa shape index (κ2) is 4.41. The third-order valence-electron chi connectivity index (χ3n) is 3.97. The van der Waals surface area contributed by atoms with Gasteiger partial charge < -0.3 is 9.13 Å². The van der Waals surface area contributed by atoms with Crippen molar-refractivity contribution >= 4 is 5.78 Å². The minimum absolute atomic E-state index is 0.00760. The minimum Gasteiger partial charge on any atom is -0.340 e. The highest BCUT2D eigenvalue weighted by molar-refractivity contribution is 5.95. The van der Waals surface area contributed by atoms with Crippen LogP contribution in [0.25, 0.3) is 11.3 Å². The molecule has 1 aromatic carbocycles. The number of hydrogen-bond donors (Lipinski definition) is 0. The van der Waals surface area contributed by atoms with Crippen LogP contribution >= 0.6 is 0 Å². The molecule has 0 bridgehead atoms. The maximum atomic E-state index is 12.4. The summed E-state index contributed by atoms with van der Waals surface area (Å²) in [5, 5.41) is 0. The van der Waals surface area contributed by atoms with Crippen LogP contribution in [0.1, 0.15) is 28.5 Å². The first-order valence-corrected chi connectivity index (χ1v) is 6.86. The molecule has 0 N–H and O–H groups in total. The third-order valence-corrected chi connectivity index (χ3v) is 3.97. The van der Waals surface area contributed by atoms with Gasteiger partial charge in [-0.25, -0.2) is 9.97 Å². The zero-order chi connectivity index (χ0) is 14.4. The number of fused-ring (bicyclic) bond motifs is 3. The highest BCUT2D eigenvalue weighted by Gasteiger charge is 2.30. The van der Waals surface area contributed by atoms with E-state index in [-0.39, 0.29) is 11.8 Å². The van der Waals surface area contributed by atoms with Crippen molar-refractivity contribution in [3.8, 4) is 11.3 Å². The molecule has 0 spiro atoms. The fourth-order valence-corrected chi connectivity index (χ4v) is 2.98. The van der Waals surface area contributed by atoms with Gasteiger partial charge in [0.05, 0.1) is 30.6 Å². The molecule has 3 aromatic rings. The van der Waals surface area contributed by atoms with Gasteiger partial charge in [0.1, 0.15) is 5.69 Å². The van der Waals surface area contributed by atoms with Crippen molar-refractivity contribution in [1.29, 1.82) is 0 Å². The van der Waals surface area contributed by atoms with Gasteiger partial charge in [-0.2, -0.15) is 0 Å². The number of aromatic nitrogens is 4. The number of nitrogens with zero attached hydrogens (tertiary/aromatic N) is 4. The monoisotopic (exact) mass is 278 g/mol. The van der Waals surface area contributed by atoms with E-state index >= 15 is 0 Å². The second-order valence-electron chi connectivity index (χ2n) is 5.34. The predicted octanol–water partition coefficient (Wildman–Crippen LogP) is 2.46. The molecule has 1 aliphatic rings. The van der Waals surface area contributed by atoms with Gasteiger partial charge in [0.2, 0.25) is 0 Å². The van der Waals surface area contributed by atoms with Crippen LogP contribution in [0, 0.1) is 0 Å². The average Bonchev–Trinajstić information content (AvgIpc) is 3.17. The maximum Gasteiger partial charge on any atom is 0.185 e. The highest BCUT2D eigenvalue weighted by Crippen LogP contribution is 2.40. The molecule has 21 heavy (non-hydrogen) atoms. The van der Waals surface area contributed by atoms with Gasteiger partial charge in [0, 0.05) is 25.2 Å². The van der Waals surface area contributed by atoms with E-state index in [9.17, 15) is 4.79 Å². The molecule has 0 amide bonds. The van der Waals surface area contributed by atoms with Crippen molar-refractivity contribution < 1.29 is 4.79 Å². The number of ketones is 1. The summed E-state index contributed by atoms with van der Waals surface area (Å²) in [6.45, 7) is 0. The molecule has 4 rings (SSSR count). The molecule has 0 radical (unpaired) electrons. The molecule has 0 saturated carbocycles. The quantitative estimate of drug-likeness (QED) is 0.691. The van der Waals surface area contributed by atoms with Crippen molar-refractivity contribution in [2.45, 2.75) is 12.5 Å². The fourth-order valence-electron chi connectivity index (χ4n) is 2.98. The molecule has 0 aliphatic carbocycles. The molecule has 0 fully saturated rings. The first kappa shape index (κ1) is 12.1. The SMILES string of the molecule is Cn1cnc(C(=O)CC2c3ccccc3-c3cncn32)c1. The molecular weight excluding hydrogens is 264 g/mol. The molecule has 1 atom stereocenters. The van der Waals surface area contributed by atoms with Crippen LogP contribution in [0.2, 0.25) is 0 Å². The van der Waals surface area contributed by atoms with Gasteiger partial charge in [-0.1, -0.05) is 24.3 Å². The number of imidazole rings is 2. The number of benzene rings is 1. The summed E-state index contributed by atoms with van der Waals surface area (Å²) in [4.78, 5) is 20.8. The van der Waals surface area contributed by atoms with Gasteiger partial charge in [0.15, 0.2) is 5.78 Å². The third kappa shape index (κ3) is 1.81. The van der Waals surface area contributed by atoms with Crippen LogP contribution in [0.3, 0.4) is 0 Å². The van der Waals surface area contributed by atoms with Crippen LogP contribution in [0.4, 0.5) is 0 Å². The summed E-state index contributed by atoms with van der Waals surface area (Å²) >= 11 is 0. The molecule has 1 aliphatic heterocycles. The summed E-state index contributed by atoms with van der Waals surface area (Å²) < 4.78 is 3.87. The molecule has 1 unspecified atom stereocenters. The predicted molar refractivity (Wildman–Crippen MR) is 78.0 cm³/mol. The van der Waals surface area contributed by atoms with Crippen LogP contribution < -0.4 is 0 Å². The fraction of sp³-hybridized carbons (Fsp3) is 0.188. The van der Waals surface area contributed by atoms with Crippen LogP contribution in [-0.4, -0.2) is 24.9 Å². The largest absolute Gasteiger partial charge is 0.340 e. The lowest BCUT2D eigenvalue weighted by Crippen LogP contribution is -2.12. The number of aryl methyl sites for hydroxylation is 1. The molecule has 5 nitrogen and oxygen atoms in total. The van der Waals surface area contributed by atoms with Crippen molar-refractivity contribution in [2.24, 2.45) is 7.05 Å². The van der Waals surface area contributed by atoms with E-state index in [0.29, 0.717) is 12.1 Å². The van der Waals surface area contributed by atoms with Crippen LogP contribution in [0.15, 0.2) is 49.3 Å². The summed E-state index contributed by atoms with van der Waals surface area (Å²) in [5.41, 5.74) is 3.93. The Kier molecular flexibility index (Phi) is 2.54. The smallest absolute Gasteiger partial charge is 0.185 e. The van der Waals surface area contributed by atoms with Gasteiger partial charge in [0.25, 0.3) is 0 Å². The van der Waals surface area contributed by atoms with Crippen molar-refractivity contribution in [1.82, 2.24) is 19.1 Å². The van der Waals surface area contributed by atoms with Crippen molar-refractivity contribution in [2.75, 3.05) is 0 Å². The Hall–Kier alpha value is -2.69. The Bertz CT molecular complexity index is 830. The van der Waals surface area contributed by atoms with Crippen LogP contribution in [0.5, 0.6) is 0 Å². The normalized spacial score (nSPS) is 15.8. The lowest BCUT2D eigenvalue weighted by molar-refractivity contribution is 0.0966. The molecule has 3 heterocycles. The van der Waals surface area contributed by atoms with Gasteiger partial charge in [-0.05, 0) is 5.56 Å². The Morgan fingerprint density at radius 2 is 2.14 bits per heavy atom. The second-order valence-corrected chi connectivity index (χ2v) is 5.34. The van der Waals surface area contributed by atoms with E-state index in [0.717, 1.165) is 11.3 Å². The Labute approximate surface area is 121 Å². The molecule has 2 aromatic heterocycles. The number of Topliss-reactive ketones (excluding diaryl/α,β-unsaturated/α-hetero) is 1. The van der Waals surface area contributed by atoms with Gasteiger partial charge in [-0.15, -0.1) is 0 Å².